The molecule has 23 heavy (non-hydrogen) atoms. The average Bonchev–Trinajstić information content (AvgIpc) is 2.89. The highest BCUT2D eigenvalue weighted by molar-refractivity contribution is 7.22. The number of hydrogen-bond donors (Lipinski definition) is 1. The standard InChI is InChI=1S/C16H16N4O2S/c1-9-4-5-12-13(6-9)23-16(18-12)19-14(21)7-20-8-17-11(3)10(2)15(20)22/h4-6,8H,7H2,1-3H3,(H,18,19,21). The van der Waals surface area contributed by atoms with Gasteiger partial charge in [-0.1, -0.05) is 17.4 Å². The van der Waals surface area contributed by atoms with E-state index in [0.717, 1.165) is 15.8 Å². The number of fused-ring (bicyclic) bond motifs is 1. The lowest BCUT2D eigenvalue weighted by Gasteiger charge is -2.07. The van der Waals surface area contributed by atoms with E-state index in [2.05, 4.69) is 15.3 Å². The minimum absolute atomic E-state index is 0.0814. The number of anilines is 1. The van der Waals surface area contributed by atoms with Crippen LogP contribution in [0, 0.1) is 20.8 Å². The highest BCUT2D eigenvalue weighted by Crippen LogP contribution is 2.26. The van der Waals surface area contributed by atoms with Crippen LogP contribution in [0.15, 0.2) is 29.3 Å². The van der Waals surface area contributed by atoms with Crippen LogP contribution >= 0.6 is 11.3 Å². The van der Waals surface area contributed by atoms with E-state index in [-0.39, 0.29) is 18.0 Å². The number of nitrogens with one attached hydrogen (secondary N) is 1. The third kappa shape index (κ3) is 3.14. The Morgan fingerprint density at radius 1 is 1.30 bits per heavy atom. The molecule has 0 aliphatic carbocycles. The molecule has 0 radical (unpaired) electrons. The number of rotatable bonds is 3. The van der Waals surface area contributed by atoms with Crippen LogP contribution < -0.4 is 10.9 Å². The summed E-state index contributed by atoms with van der Waals surface area (Å²) in [5.41, 5.74) is 3.02. The fraction of sp³-hybridized carbons (Fsp3) is 0.250. The smallest absolute Gasteiger partial charge is 0.256 e. The topological polar surface area (TPSA) is 76.9 Å². The SMILES string of the molecule is Cc1ccc2nc(NC(=O)Cn3cnc(C)c(C)c3=O)sc2c1. The van der Waals surface area contributed by atoms with Gasteiger partial charge in [0, 0.05) is 11.3 Å². The lowest BCUT2D eigenvalue weighted by molar-refractivity contribution is -0.116. The minimum Gasteiger partial charge on any atom is -0.300 e. The van der Waals surface area contributed by atoms with E-state index in [0.29, 0.717) is 16.4 Å². The zero-order valence-corrected chi connectivity index (χ0v) is 13.9. The van der Waals surface area contributed by atoms with Crippen LogP contribution in [0.25, 0.3) is 10.2 Å². The average molecular weight is 328 g/mol. The Morgan fingerprint density at radius 3 is 2.87 bits per heavy atom. The van der Waals surface area contributed by atoms with Gasteiger partial charge in [0.1, 0.15) is 6.54 Å². The number of carbonyl (C=O) groups excluding carboxylic acids is 1. The predicted octanol–water partition coefficient (Wildman–Crippen LogP) is 2.42. The van der Waals surface area contributed by atoms with Crippen LogP contribution in [-0.2, 0) is 11.3 Å². The van der Waals surface area contributed by atoms with Gasteiger partial charge < -0.3 is 5.32 Å². The van der Waals surface area contributed by atoms with Crippen molar-refractivity contribution in [3.05, 3.63) is 51.7 Å². The van der Waals surface area contributed by atoms with E-state index in [9.17, 15) is 9.59 Å². The molecule has 2 aromatic heterocycles. The van der Waals surface area contributed by atoms with Crippen LogP contribution in [0.1, 0.15) is 16.8 Å². The van der Waals surface area contributed by atoms with Gasteiger partial charge in [-0.25, -0.2) is 9.97 Å². The van der Waals surface area contributed by atoms with Crippen molar-refractivity contribution in [3.8, 4) is 0 Å². The lowest BCUT2D eigenvalue weighted by Crippen LogP contribution is -2.29. The van der Waals surface area contributed by atoms with Gasteiger partial charge in [-0.3, -0.25) is 14.2 Å². The van der Waals surface area contributed by atoms with Crippen LogP contribution in [0.4, 0.5) is 5.13 Å². The summed E-state index contributed by atoms with van der Waals surface area (Å²) < 4.78 is 2.32. The van der Waals surface area contributed by atoms with Crippen LogP contribution in [0.3, 0.4) is 0 Å². The molecule has 2 heterocycles. The van der Waals surface area contributed by atoms with Gasteiger partial charge in [0.2, 0.25) is 5.91 Å². The van der Waals surface area contributed by atoms with E-state index >= 15 is 0 Å². The van der Waals surface area contributed by atoms with E-state index in [1.807, 2.05) is 25.1 Å². The molecule has 0 aliphatic heterocycles. The van der Waals surface area contributed by atoms with E-state index in [1.165, 1.54) is 22.2 Å². The summed E-state index contributed by atoms with van der Waals surface area (Å²) >= 11 is 1.41. The first-order valence-electron chi connectivity index (χ1n) is 7.14. The molecule has 1 aromatic carbocycles. The third-order valence-electron chi connectivity index (χ3n) is 3.62. The summed E-state index contributed by atoms with van der Waals surface area (Å²) in [4.78, 5) is 32.7. The van der Waals surface area contributed by atoms with Gasteiger partial charge in [-0.05, 0) is 38.5 Å². The number of benzene rings is 1. The molecule has 0 aliphatic rings. The summed E-state index contributed by atoms with van der Waals surface area (Å²) in [5, 5.41) is 3.27. The fourth-order valence-corrected chi connectivity index (χ4v) is 3.17. The number of nitrogens with zero attached hydrogens (tertiary/aromatic N) is 3. The Balaban J connectivity index is 1.78. The normalized spacial score (nSPS) is 10.9. The van der Waals surface area contributed by atoms with Gasteiger partial charge in [-0.15, -0.1) is 0 Å². The molecule has 0 bridgehead atoms. The number of thiazole rings is 1. The molecule has 118 valence electrons. The molecule has 0 saturated carbocycles. The maximum atomic E-state index is 12.1. The first kappa shape index (κ1) is 15.4. The van der Waals surface area contributed by atoms with Crippen LogP contribution in [0.5, 0.6) is 0 Å². The van der Waals surface area contributed by atoms with Crippen molar-refractivity contribution in [1.29, 1.82) is 0 Å². The quantitative estimate of drug-likeness (QED) is 0.801. The number of aryl methyl sites for hydroxylation is 2. The molecule has 3 rings (SSSR count). The number of carbonyl (C=O) groups is 1. The first-order chi connectivity index (χ1) is 10.9. The number of hydrogen-bond acceptors (Lipinski definition) is 5. The second-order valence-electron chi connectivity index (χ2n) is 5.43. The Kier molecular flexibility index (Phi) is 3.96. The second-order valence-corrected chi connectivity index (χ2v) is 6.46. The zero-order chi connectivity index (χ0) is 16.6. The maximum absolute atomic E-state index is 12.1. The van der Waals surface area contributed by atoms with E-state index in [4.69, 9.17) is 0 Å². The summed E-state index contributed by atoms with van der Waals surface area (Å²) in [6.07, 6.45) is 1.39. The van der Waals surface area contributed by atoms with Gasteiger partial charge in [-0.2, -0.15) is 0 Å². The summed E-state index contributed by atoms with van der Waals surface area (Å²) in [5.74, 6) is -0.298. The number of aromatic nitrogens is 3. The highest BCUT2D eigenvalue weighted by Gasteiger charge is 2.11. The van der Waals surface area contributed by atoms with Gasteiger partial charge in [0.25, 0.3) is 5.56 Å². The van der Waals surface area contributed by atoms with Gasteiger partial charge in [0.15, 0.2) is 5.13 Å². The Bertz CT molecular complexity index is 958. The van der Waals surface area contributed by atoms with Gasteiger partial charge in [0.05, 0.1) is 16.5 Å². The number of amides is 1. The maximum Gasteiger partial charge on any atom is 0.256 e. The monoisotopic (exact) mass is 328 g/mol. The first-order valence-corrected chi connectivity index (χ1v) is 7.95. The van der Waals surface area contributed by atoms with Gasteiger partial charge >= 0.3 is 0 Å². The van der Waals surface area contributed by atoms with E-state index < -0.39 is 0 Å². The molecule has 0 spiro atoms. The molecule has 0 fully saturated rings. The molecule has 3 aromatic rings. The van der Waals surface area contributed by atoms with Crippen LogP contribution in [0.2, 0.25) is 0 Å². The van der Waals surface area contributed by atoms with Crippen molar-refractivity contribution >= 4 is 32.6 Å². The lowest BCUT2D eigenvalue weighted by atomic mass is 10.2. The van der Waals surface area contributed by atoms with Crippen molar-refractivity contribution < 1.29 is 4.79 Å². The molecule has 0 atom stereocenters. The highest BCUT2D eigenvalue weighted by atomic mass is 32.1. The minimum atomic E-state index is -0.298. The fourth-order valence-electron chi connectivity index (χ4n) is 2.19. The molecule has 1 N–H and O–H groups in total. The summed E-state index contributed by atoms with van der Waals surface area (Å²) in [6.45, 7) is 5.40. The summed E-state index contributed by atoms with van der Waals surface area (Å²) in [6, 6.07) is 5.93. The molecular weight excluding hydrogens is 312 g/mol. The molecule has 7 heteroatoms. The van der Waals surface area contributed by atoms with Crippen molar-refractivity contribution in [2.75, 3.05) is 5.32 Å². The Hall–Kier alpha value is -2.54. The second kappa shape index (κ2) is 5.92. The molecule has 0 saturated heterocycles. The van der Waals surface area contributed by atoms with Crippen LogP contribution in [-0.4, -0.2) is 20.4 Å². The van der Waals surface area contributed by atoms with Crippen molar-refractivity contribution in [2.45, 2.75) is 27.3 Å². The third-order valence-corrected chi connectivity index (χ3v) is 4.55. The van der Waals surface area contributed by atoms with E-state index in [1.54, 1.807) is 13.8 Å². The van der Waals surface area contributed by atoms with Crippen molar-refractivity contribution in [1.82, 2.24) is 14.5 Å². The molecule has 1 amide bonds. The summed E-state index contributed by atoms with van der Waals surface area (Å²) in [7, 11) is 0. The predicted molar refractivity (Wildman–Crippen MR) is 91.0 cm³/mol. The molecular formula is C16H16N4O2S. The largest absolute Gasteiger partial charge is 0.300 e. The van der Waals surface area contributed by atoms with Crippen molar-refractivity contribution in [2.24, 2.45) is 0 Å². The zero-order valence-electron chi connectivity index (χ0n) is 13.1. The molecule has 0 unspecified atom stereocenters. The Labute approximate surface area is 136 Å². The van der Waals surface area contributed by atoms with Crippen molar-refractivity contribution in [3.63, 3.8) is 0 Å². The Morgan fingerprint density at radius 2 is 2.09 bits per heavy atom. The molecule has 6 nitrogen and oxygen atoms in total.